The van der Waals surface area contributed by atoms with Gasteiger partial charge in [-0.1, -0.05) is 6.07 Å². The Morgan fingerprint density at radius 2 is 1.43 bits per heavy atom. The molecule has 0 saturated heterocycles. The molecule has 0 bridgehead atoms. The standard InChI is InChI=1S/C27H29IN6O3/c1-16(2)33(17(3)4)21-10-8-20(9-11-21)29-32-25-14-19(6)24(15-22(25)27(28)35)31-30-23-12-7-18(5)13-26(23)34(36)37/h7-17H,1-6H3. The summed E-state index contributed by atoms with van der Waals surface area (Å²) in [7, 11) is 0. The molecule has 0 aliphatic carbocycles. The van der Waals surface area contributed by atoms with Crippen molar-refractivity contribution >= 4 is 60.5 Å². The van der Waals surface area contributed by atoms with Crippen LogP contribution in [0.3, 0.4) is 0 Å². The van der Waals surface area contributed by atoms with Crippen LogP contribution in [0.4, 0.5) is 34.1 Å². The Balaban J connectivity index is 1.91. The lowest BCUT2D eigenvalue weighted by molar-refractivity contribution is -0.384. The fourth-order valence-corrected chi connectivity index (χ4v) is 4.43. The third-order valence-electron chi connectivity index (χ3n) is 5.65. The van der Waals surface area contributed by atoms with Crippen molar-refractivity contribution in [2.45, 2.75) is 53.6 Å². The fourth-order valence-electron chi connectivity index (χ4n) is 4.00. The maximum Gasteiger partial charge on any atom is 0.296 e. The summed E-state index contributed by atoms with van der Waals surface area (Å²) in [5.74, 6) is 0. The first kappa shape index (κ1) is 28.0. The Bertz CT molecular complexity index is 1360. The Morgan fingerprint density at radius 3 is 2.00 bits per heavy atom. The summed E-state index contributed by atoms with van der Waals surface area (Å²) in [4.78, 5) is 25.6. The van der Waals surface area contributed by atoms with Crippen molar-refractivity contribution in [1.29, 1.82) is 0 Å². The summed E-state index contributed by atoms with van der Waals surface area (Å²) in [6.07, 6.45) is 0. The van der Waals surface area contributed by atoms with Crippen molar-refractivity contribution < 1.29 is 9.72 Å². The minimum atomic E-state index is -0.493. The molecule has 0 saturated carbocycles. The van der Waals surface area contributed by atoms with E-state index in [1.165, 1.54) is 6.07 Å². The number of nitro benzene ring substituents is 1. The number of aryl methyl sites for hydroxylation is 2. The molecule has 0 unspecified atom stereocenters. The molecule has 192 valence electrons. The summed E-state index contributed by atoms with van der Waals surface area (Å²) in [6.45, 7) is 12.2. The second-order valence-electron chi connectivity index (χ2n) is 9.19. The number of anilines is 1. The predicted molar refractivity (Wildman–Crippen MR) is 155 cm³/mol. The van der Waals surface area contributed by atoms with Crippen molar-refractivity contribution in [1.82, 2.24) is 0 Å². The molecule has 0 aliphatic rings. The van der Waals surface area contributed by atoms with E-state index in [-0.39, 0.29) is 15.2 Å². The van der Waals surface area contributed by atoms with Crippen LogP contribution in [-0.2, 0) is 0 Å². The first-order valence-electron chi connectivity index (χ1n) is 11.8. The van der Waals surface area contributed by atoms with Crippen molar-refractivity contribution in [2.24, 2.45) is 20.5 Å². The van der Waals surface area contributed by atoms with Gasteiger partial charge in [0.1, 0.15) is 0 Å². The first-order valence-corrected chi connectivity index (χ1v) is 12.9. The zero-order chi connectivity index (χ0) is 27.3. The summed E-state index contributed by atoms with van der Waals surface area (Å²) < 4.78 is -0.232. The smallest absolute Gasteiger partial charge is 0.296 e. The van der Waals surface area contributed by atoms with Gasteiger partial charge in [-0.15, -0.1) is 10.2 Å². The molecule has 0 aliphatic heterocycles. The quantitative estimate of drug-likeness (QED) is 0.0788. The summed E-state index contributed by atoms with van der Waals surface area (Å²) in [6, 6.07) is 16.5. The third kappa shape index (κ3) is 7.03. The minimum absolute atomic E-state index is 0.132. The van der Waals surface area contributed by atoms with Gasteiger partial charge in [-0.05, 0) is 95.1 Å². The molecule has 0 heterocycles. The van der Waals surface area contributed by atoms with Gasteiger partial charge in [0.05, 0.1) is 27.5 Å². The van der Waals surface area contributed by atoms with Crippen LogP contribution in [0, 0.1) is 24.0 Å². The lowest BCUT2D eigenvalue weighted by Gasteiger charge is -2.33. The number of hydrogen-bond donors (Lipinski definition) is 0. The van der Waals surface area contributed by atoms with Gasteiger partial charge in [0.2, 0.25) is 3.79 Å². The second-order valence-corrected chi connectivity index (χ2v) is 10.2. The Labute approximate surface area is 230 Å². The molecular formula is C27H29IN6O3. The van der Waals surface area contributed by atoms with E-state index in [1.807, 2.05) is 24.3 Å². The monoisotopic (exact) mass is 612 g/mol. The molecule has 0 radical (unpaired) electrons. The van der Waals surface area contributed by atoms with Gasteiger partial charge in [0, 0.05) is 46.4 Å². The highest BCUT2D eigenvalue weighted by molar-refractivity contribution is 14.1. The van der Waals surface area contributed by atoms with Crippen molar-refractivity contribution in [2.75, 3.05) is 4.90 Å². The van der Waals surface area contributed by atoms with E-state index in [0.29, 0.717) is 40.3 Å². The Hall–Kier alpha value is -3.54. The largest absolute Gasteiger partial charge is 0.367 e. The van der Waals surface area contributed by atoms with Gasteiger partial charge in [0.15, 0.2) is 5.69 Å². The lowest BCUT2D eigenvalue weighted by atomic mass is 10.1. The van der Waals surface area contributed by atoms with Gasteiger partial charge in [0.25, 0.3) is 5.69 Å². The number of halogens is 1. The molecule has 0 aromatic heterocycles. The molecule has 9 nitrogen and oxygen atoms in total. The minimum Gasteiger partial charge on any atom is -0.367 e. The number of hydrogen-bond acceptors (Lipinski definition) is 8. The average Bonchev–Trinajstić information content (AvgIpc) is 2.82. The zero-order valence-corrected chi connectivity index (χ0v) is 23.8. The third-order valence-corrected chi connectivity index (χ3v) is 6.23. The van der Waals surface area contributed by atoms with E-state index in [2.05, 4.69) is 53.1 Å². The summed E-state index contributed by atoms with van der Waals surface area (Å²) in [5.41, 5.74) is 4.38. The number of carbonyl (C=O) groups is 1. The maximum atomic E-state index is 12.4. The van der Waals surface area contributed by atoms with E-state index in [0.717, 1.165) is 11.3 Å². The summed E-state index contributed by atoms with van der Waals surface area (Å²) in [5, 5.41) is 28.3. The van der Waals surface area contributed by atoms with Crippen LogP contribution in [0.25, 0.3) is 0 Å². The SMILES string of the molecule is Cc1ccc(N=Nc2cc(C(=O)I)c(N=Nc3ccc(N(C(C)C)C(C)C)cc3)cc2C)c([N+](=O)[O-])c1. The van der Waals surface area contributed by atoms with Crippen molar-refractivity contribution in [3.8, 4) is 0 Å². The normalized spacial score (nSPS) is 11.7. The van der Waals surface area contributed by atoms with Gasteiger partial charge in [-0.3, -0.25) is 14.9 Å². The molecule has 10 heteroatoms. The van der Waals surface area contributed by atoms with Gasteiger partial charge >= 0.3 is 0 Å². The summed E-state index contributed by atoms with van der Waals surface area (Å²) >= 11 is 1.69. The molecule has 0 fully saturated rings. The van der Waals surface area contributed by atoms with E-state index >= 15 is 0 Å². The van der Waals surface area contributed by atoms with E-state index in [1.54, 1.807) is 60.7 Å². The van der Waals surface area contributed by atoms with Crippen LogP contribution in [0.5, 0.6) is 0 Å². The lowest BCUT2D eigenvalue weighted by Crippen LogP contribution is -2.36. The van der Waals surface area contributed by atoms with Crippen LogP contribution < -0.4 is 4.90 Å². The van der Waals surface area contributed by atoms with Crippen LogP contribution in [0.15, 0.2) is 75.1 Å². The van der Waals surface area contributed by atoms with Gasteiger partial charge in [-0.2, -0.15) is 10.2 Å². The number of rotatable bonds is 9. The van der Waals surface area contributed by atoms with Crippen molar-refractivity contribution in [3.05, 3.63) is 81.4 Å². The second kappa shape index (κ2) is 12.1. The molecule has 37 heavy (non-hydrogen) atoms. The van der Waals surface area contributed by atoms with Crippen LogP contribution >= 0.6 is 22.6 Å². The van der Waals surface area contributed by atoms with Crippen LogP contribution in [0.1, 0.15) is 49.2 Å². The molecular weight excluding hydrogens is 583 g/mol. The van der Waals surface area contributed by atoms with E-state index in [4.69, 9.17) is 0 Å². The number of nitro groups is 1. The first-order chi connectivity index (χ1) is 17.5. The Kier molecular flexibility index (Phi) is 9.19. The van der Waals surface area contributed by atoms with Gasteiger partial charge in [-0.25, -0.2) is 0 Å². The number of carbonyl (C=O) groups excluding carboxylic acids is 1. The number of azo groups is 2. The van der Waals surface area contributed by atoms with Crippen molar-refractivity contribution in [3.63, 3.8) is 0 Å². The Morgan fingerprint density at radius 1 is 0.838 bits per heavy atom. The molecule has 3 aromatic rings. The van der Waals surface area contributed by atoms with Crippen LogP contribution in [0.2, 0.25) is 0 Å². The van der Waals surface area contributed by atoms with E-state index in [9.17, 15) is 14.9 Å². The zero-order valence-electron chi connectivity index (χ0n) is 21.6. The topological polar surface area (TPSA) is 113 Å². The number of benzene rings is 3. The fraction of sp³-hybridized carbons (Fsp3) is 0.296. The molecule has 0 amide bonds. The molecule has 0 atom stereocenters. The highest BCUT2D eigenvalue weighted by Crippen LogP contribution is 2.35. The maximum absolute atomic E-state index is 12.4. The molecule has 3 rings (SSSR count). The molecule has 0 spiro atoms. The number of nitrogens with zero attached hydrogens (tertiary/aromatic N) is 6. The van der Waals surface area contributed by atoms with Crippen LogP contribution in [-0.4, -0.2) is 20.8 Å². The predicted octanol–water partition coefficient (Wildman–Crippen LogP) is 9.24. The molecule has 0 N–H and O–H groups in total. The van der Waals surface area contributed by atoms with Gasteiger partial charge < -0.3 is 4.90 Å². The highest BCUT2D eigenvalue weighted by Gasteiger charge is 2.16. The highest BCUT2D eigenvalue weighted by atomic mass is 127. The molecule has 3 aromatic carbocycles. The average molecular weight is 612 g/mol. The van der Waals surface area contributed by atoms with E-state index < -0.39 is 4.92 Å².